The highest BCUT2D eigenvalue weighted by molar-refractivity contribution is 6.43. The fourth-order valence-corrected chi connectivity index (χ4v) is 1.53. The Bertz CT molecular complexity index is 632. The van der Waals surface area contributed by atoms with Gasteiger partial charge in [0.2, 0.25) is 5.02 Å². The summed E-state index contributed by atoms with van der Waals surface area (Å²) in [5, 5.41) is -0.717. The first-order valence-corrected chi connectivity index (χ1v) is 5.15. The molecule has 0 saturated carbocycles. The van der Waals surface area contributed by atoms with Gasteiger partial charge in [0.25, 0.3) is 5.56 Å². The summed E-state index contributed by atoms with van der Waals surface area (Å²) in [5.74, 6) is 0.347. The van der Waals surface area contributed by atoms with E-state index < -0.39 is 16.3 Å². The van der Waals surface area contributed by atoms with Crippen LogP contribution in [0, 0.1) is 0 Å². The third kappa shape index (κ3) is 2.20. The van der Waals surface area contributed by atoms with Crippen LogP contribution in [-0.4, -0.2) is 15.0 Å². The molecule has 7 heteroatoms. The monoisotopic (exact) mass is 260 g/mol. The van der Waals surface area contributed by atoms with E-state index in [1.807, 2.05) is 0 Å². The van der Waals surface area contributed by atoms with E-state index in [1.165, 1.54) is 12.1 Å². The molecular formula is C9H6Cl2N2O3. The molecule has 16 heavy (non-hydrogen) atoms. The predicted molar refractivity (Wildman–Crippen MR) is 61.3 cm³/mol. The smallest absolute Gasteiger partial charge is 0.326 e. The lowest BCUT2D eigenvalue weighted by atomic mass is 10.2. The second kappa shape index (κ2) is 4.19. The number of rotatable bonds is 2. The van der Waals surface area contributed by atoms with Crippen LogP contribution >= 0.6 is 23.2 Å². The predicted octanol–water partition coefficient (Wildman–Crippen LogP) is 1.36. The average molecular weight is 261 g/mol. The Morgan fingerprint density at radius 2 is 1.94 bits per heavy atom. The van der Waals surface area contributed by atoms with Crippen LogP contribution in [-0.2, 0) is 0 Å². The van der Waals surface area contributed by atoms with E-state index >= 15 is 0 Å². The second-order valence-corrected chi connectivity index (χ2v) is 4.01. The van der Waals surface area contributed by atoms with Crippen molar-refractivity contribution >= 4 is 34.1 Å². The lowest BCUT2D eigenvalue weighted by Gasteiger charge is -2.06. The van der Waals surface area contributed by atoms with Gasteiger partial charge in [-0.05, 0) is 18.2 Å². The third-order valence-corrected chi connectivity index (χ3v) is 2.11. The van der Waals surface area contributed by atoms with Crippen LogP contribution in [0.4, 0.5) is 0 Å². The molecule has 1 aromatic carbocycles. The van der Waals surface area contributed by atoms with Crippen LogP contribution < -0.4 is 16.0 Å². The van der Waals surface area contributed by atoms with Crippen LogP contribution in [0.5, 0.6) is 5.75 Å². The SMILES string of the molecule is O=c1[nH]c(=O)c2cc(OC(Cl)Cl)ccc2[nH]1. The molecule has 2 aromatic rings. The number of fused-ring (bicyclic) bond motifs is 1. The summed E-state index contributed by atoms with van der Waals surface area (Å²) in [4.78, 5) is 27.0. The van der Waals surface area contributed by atoms with Crippen LogP contribution in [0.15, 0.2) is 27.8 Å². The molecular weight excluding hydrogens is 255 g/mol. The van der Waals surface area contributed by atoms with Gasteiger partial charge in [-0.25, -0.2) is 4.79 Å². The van der Waals surface area contributed by atoms with Crippen LogP contribution in [0.2, 0.25) is 0 Å². The summed E-state index contributed by atoms with van der Waals surface area (Å²) < 4.78 is 4.99. The Morgan fingerprint density at radius 3 is 2.62 bits per heavy atom. The highest BCUT2D eigenvalue weighted by atomic mass is 35.5. The first kappa shape index (κ1) is 11.0. The van der Waals surface area contributed by atoms with E-state index in [0.29, 0.717) is 16.7 Å². The minimum Gasteiger partial charge on any atom is -0.461 e. The van der Waals surface area contributed by atoms with E-state index in [9.17, 15) is 9.59 Å². The summed E-state index contributed by atoms with van der Waals surface area (Å²) in [5.41, 5.74) is -0.634. The molecule has 0 spiro atoms. The van der Waals surface area contributed by atoms with Crippen LogP contribution in [0.1, 0.15) is 0 Å². The van der Waals surface area contributed by atoms with Crippen LogP contribution in [0.25, 0.3) is 10.9 Å². The zero-order chi connectivity index (χ0) is 11.7. The van der Waals surface area contributed by atoms with Crippen molar-refractivity contribution in [3.63, 3.8) is 0 Å². The van der Waals surface area contributed by atoms with Gasteiger partial charge in [0.1, 0.15) is 5.75 Å². The molecule has 0 unspecified atom stereocenters. The molecule has 5 nitrogen and oxygen atoms in total. The van der Waals surface area contributed by atoms with E-state index in [-0.39, 0.29) is 0 Å². The van der Waals surface area contributed by atoms with Gasteiger partial charge < -0.3 is 9.72 Å². The number of hydrogen-bond donors (Lipinski definition) is 2. The quantitative estimate of drug-likeness (QED) is 0.801. The Balaban J connectivity index is 2.62. The molecule has 2 rings (SSSR count). The van der Waals surface area contributed by atoms with Gasteiger partial charge in [-0.15, -0.1) is 0 Å². The first-order chi connectivity index (χ1) is 7.56. The Hall–Kier alpha value is -1.46. The number of hydrogen-bond acceptors (Lipinski definition) is 3. The number of ether oxygens (including phenoxy) is 1. The third-order valence-electron chi connectivity index (χ3n) is 1.94. The van der Waals surface area contributed by atoms with Crippen molar-refractivity contribution in [3.8, 4) is 5.75 Å². The summed E-state index contributed by atoms with van der Waals surface area (Å²) in [6.45, 7) is 0. The number of benzene rings is 1. The molecule has 1 heterocycles. The lowest BCUT2D eigenvalue weighted by molar-refractivity contribution is 0.355. The van der Waals surface area contributed by atoms with Crippen LogP contribution in [0.3, 0.4) is 0 Å². The zero-order valence-corrected chi connectivity index (χ0v) is 9.30. The highest BCUT2D eigenvalue weighted by Gasteiger charge is 2.05. The van der Waals surface area contributed by atoms with E-state index in [0.717, 1.165) is 0 Å². The number of H-pyrrole nitrogens is 2. The number of aromatic nitrogens is 2. The molecule has 0 aliphatic rings. The molecule has 0 atom stereocenters. The number of nitrogens with one attached hydrogen (secondary N) is 2. The lowest BCUT2D eigenvalue weighted by Crippen LogP contribution is -2.21. The molecule has 0 fully saturated rings. The minimum absolute atomic E-state index is 0.297. The van der Waals surface area contributed by atoms with Crippen molar-refractivity contribution in [2.24, 2.45) is 0 Å². The molecule has 0 aliphatic heterocycles. The maximum atomic E-state index is 11.4. The molecule has 84 valence electrons. The Morgan fingerprint density at radius 1 is 1.19 bits per heavy atom. The molecule has 0 aliphatic carbocycles. The summed E-state index contributed by atoms with van der Waals surface area (Å²) >= 11 is 10.9. The number of alkyl halides is 2. The topological polar surface area (TPSA) is 74.9 Å². The van der Waals surface area contributed by atoms with Crippen molar-refractivity contribution in [1.29, 1.82) is 0 Å². The van der Waals surface area contributed by atoms with Gasteiger partial charge in [-0.1, -0.05) is 23.2 Å². The number of halogens is 2. The van der Waals surface area contributed by atoms with Gasteiger partial charge in [-0.2, -0.15) is 0 Å². The molecule has 0 saturated heterocycles. The van der Waals surface area contributed by atoms with Gasteiger partial charge >= 0.3 is 5.69 Å². The molecule has 2 N–H and O–H groups in total. The molecule has 0 bridgehead atoms. The van der Waals surface area contributed by atoms with Crippen molar-refractivity contribution < 1.29 is 4.74 Å². The standard InChI is InChI=1S/C9H6Cl2N2O3/c10-8(11)16-4-1-2-6-5(3-4)7(14)13-9(15)12-6/h1-3,8H,(H2,12,13,14,15). The molecule has 0 amide bonds. The second-order valence-electron chi connectivity index (χ2n) is 2.99. The number of aromatic amines is 2. The Kier molecular flexibility index (Phi) is 2.89. The summed E-state index contributed by atoms with van der Waals surface area (Å²) in [6, 6.07) is 4.54. The zero-order valence-electron chi connectivity index (χ0n) is 7.79. The van der Waals surface area contributed by atoms with Gasteiger partial charge in [0.15, 0.2) is 0 Å². The van der Waals surface area contributed by atoms with Gasteiger partial charge in [0, 0.05) is 0 Å². The maximum absolute atomic E-state index is 11.4. The Labute approximate surface area is 99.0 Å². The van der Waals surface area contributed by atoms with Crippen molar-refractivity contribution in [2.75, 3.05) is 0 Å². The largest absolute Gasteiger partial charge is 0.461 e. The van der Waals surface area contributed by atoms with Gasteiger partial charge in [0.05, 0.1) is 10.9 Å². The molecule has 1 aromatic heterocycles. The fraction of sp³-hybridized carbons (Fsp3) is 0.111. The summed E-state index contributed by atoms with van der Waals surface area (Å²) in [6.07, 6.45) is 0. The van der Waals surface area contributed by atoms with E-state index in [2.05, 4.69) is 9.97 Å². The normalized spacial score (nSPS) is 10.9. The minimum atomic E-state index is -1.01. The van der Waals surface area contributed by atoms with E-state index in [4.69, 9.17) is 27.9 Å². The molecule has 0 radical (unpaired) electrons. The first-order valence-electron chi connectivity index (χ1n) is 4.27. The van der Waals surface area contributed by atoms with E-state index in [1.54, 1.807) is 6.07 Å². The highest BCUT2D eigenvalue weighted by Crippen LogP contribution is 2.19. The fourth-order valence-electron chi connectivity index (χ4n) is 1.32. The van der Waals surface area contributed by atoms with Crippen molar-refractivity contribution in [2.45, 2.75) is 5.02 Å². The summed E-state index contributed by atoms with van der Waals surface area (Å²) in [7, 11) is 0. The van der Waals surface area contributed by atoms with Crippen molar-refractivity contribution in [3.05, 3.63) is 39.0 Å². The van der Waals surface area contributed by atoms with Gasteiger partial charge in [-0.3, -0.25) is 9.78 Å². The average Bonchev–Trinajstić information content (AvgIpc) is 2.18. The van der Waals surface area contributed by atoms with Crippen molar-refractivity contribution in [1.82, 2.24) is 9.97 Å². The maximum Gasteiger partial charge on any atom is 0.326 e.